The van der Waals surface area contributed by atoms with Gasteiger partial charge in [0.2, 0.25) is 0 Å². The number of rotatable bonds is 3. The molecule has 2 aromatic heterocycles. The number of guanidine groups is 1. The minimum atomic E-state index is 0.254. The molecule has 1 aliphatic rings. The molecule has 6 heteroatoms. The molecule has 1 aliphatic heterocycles. The topological polar surface area (TPSA) is 54.5 Å². The van der Waals surface area contributed by atoms with Gasteiger partial charge >= 0.3 is 0 Å². The first-order valence-electron chi connectivity index (χ1n) is 5.32. The van der Waals surface area contributed by atoms with E-state index in [-0.39, 0.29) is 6.04 Å². The first-order chi connectivity index (χ1) is 8.34. The number of thiophene rings is 1. The van der Waals surface area contributed by atoms with Gasteiger partial charge in [-0.1, -0.05) is 6.07 Å². The van der Waals surface area contributed by atoms with Crippen molar-refractivity contribution >= 4 is 28.6 Å². The molecule has 0 bridgehead atoms. The molecule has 1 unspecified atom stereocenters. The summed E-state index contributed by atoms with van der Waals surface area (Å²) in [5.41, 5.74) is 7.81. The van der Waals surface area contributed by atoms with Crippen LogP contribution in [0.1, 0.15) is 15.8 Å². The summed E-state index contributed by atoms with van der Waals surface area (Å²) in [7, 11) is 0. The fourth-order valence-electron chi connectivity index (χ4n) is 1.92. The monoisotopic (exact) mass is 264 g/mol. The maximum absolute atomic E-state index is 5.96. The van der Waals surface area contributed by atoms with Gasteiger partial charge in [-0.25, -0.2) is 0 Å². The van der Waals surface area contributed by atoms with E-state index in [1.54, 1.807) is 22.7 Å². The Balaban J connectivity index is 1.82. The molecule has 0 aliphatic carbocycles. The van der Waals surface area contributed by atoms with E-state index < -0.39 is 0 Å². The third kappa shape index (κ3) is 2.05. The van der Waals surface area contributed by atoms with Crippen LogP contribution in [0.25, 0.3) is 0 Å². The highest BCUT2D eigenvalue weighted by Gasteiger charge is 2.28. The van der Waals surface area contributed by atoms with Gasteiger partial charge in [0, 0.05) is 16.0 Å². The third-order valence-corrected chi connectivity index (χ3v) is 4.52. The van der Waals surface area contributed by atoms with E-state index >= 15 is 0 Å². The van der Waals surface area contributed by atoms with Crippen LogP contribution in [0, 0.1) is 0 Å². The second-order valence-corrected chi connectivity index (χ2v) is 5.78. The maximum Gasteiger partial charge on any atom is 0.192 e. The van der Waals surface area contributed by atoms with Gasteiger partial charge in [0.05, 0.1) is 24.6 Å². The summed E-state index contributed by atoms with van der Waals surface area (Å²) in [5.74, 6) is 0.636. The van der Waals surface area contributed by atoms with Gasteiger partial charge in [0.25, 0.3) is 0 Å². The first kappa shape index (κ1) is 10.7. The first-order valence-corrected chi connectivity index (χ1v) is 7.08. The second kappa shape index (κ2) is 4.46. The van der Waals surface area contributed by atoms with Crippen molar-refractivity contribution in [2.45, 2.75) is 12.6 Å². The Morgan fingerprint density at radius 1 is 1.47 bits per heavy atom. The summed E-state index contributed by atoms with van der Waals surface area (Å²) in [5, 5.41) is 2.08. The summed E-state index contributed by atoms with van der Waals surface area (Å²) in [6.07, 6.45) is 1.91. The predicted octanol–water partition coefficient (Wildman–Crippen LogP) is 2.08. The summed E-state index contributed by atoms with van der Waals surface area (Å²) >= 11 is 3.41. The predicted molar refractivity (Wildman–Crippen MR) is 71.2 cm³/mol. The van der Waals surface area contributed by atoms with Crippen LogP contribution < -0.4 is 5.73 Å². The lowest BCUT2D eigenvalue weighted by molar-refractivity contribution is 0.347. The molecule has 0 spiro atoms. The lowest BCUT2D eigenvalue weighted by Crippen LogP contribution is -2.35. The number of thiazole rings is 1. The normalized spacial score (nSPS) is 19.6. The summed E-state index contributed by atoms with van der Waals surface area (Å²) in [6, 6.07) is 4.44. The van der Waals surface area contributed by atoms with Crippen molar-refractivity contribution in [3.63, 3.8) is 0 Å². The Bertz CT molecular complexity index is 504. The number of hydrogen-bond donors (Lipinski definition) is 1. The molecule has 0 radical (unpaired) electrons. The molecule has 0 saturated carbocycles. The highest BCUT2D eigenvalue weighted by atomic mass is 32.1. The van der Waals surface area contributed by atoms with Gasteiger partial charge in [-0.2, -0.15) is 0 Å². The zero-order valence-corrected chi connectivity index (χ0v) is 10.7. The average Bonchev–Trinajstić information content (AvgIpc) is 3.03. The van der Waals surface area contributed by atoms with Gasteiger partial charge in [-0.05, 0) is 11.4 Å². The van der Waals surface area contributed by atoms with Crippen molar-refractivity contribution in [2.24, 2.45) is 10.7 Å². The number of aliphatic imine (C=N–C) groups is 1. The quantitative estimate of drug-likeness (QED) is 0.923. The summed E-state index contributed by atoms with van der Waals surface area (Å²) in [4.78, 5) is 13.2. The van der Waals surface area contributed by atoms with E-state index in [2.05, 4.69) is 32.4 Å². The number of hydrogen-bond acceptors (Lipinski definition) is 6. The smallest absolute Gasteiger partial charge is 0.192 e. The minimum Gasteiger partial charge on any atom is -0.370 e. The van der Waals surface area contributed by atoms with Crippen molar-refractivity contribution < 1.29 is 0 Å². The molecule has 2 aromatic rings. The maximum atomic E-state index is 5.96. The van der Waals surface area contributed by atoms with E-state index in [4.69, 9.17) is 5.73 Å². The standard InChI is InChI=1S/C11H12N4S2/c12-11-14-4-9(10-5-13-7-17-10)15(11)6-8-2-1-3-16-8/h1-3,5,7,9H,4,6H2,(H2,12,14). The molecular weight excluding hydrogens is 252 g/mol. The SMILES string of the molecule is NC1=NCC(c2cncs2)N1Cc1cccs1. The Labute approximate surface area is 107 Å². The molecule has 0 aromatic carbocycles. The summed E-state index contributed by atoms with van der Waals surface area (Å²) < 4.78 is 0. The Hall–Kier alpha value is -1.40. The molecule has 0 saturated heterocycles. The zero-order chi connectivity index (χ0) is 11.7. The van der Waals surface area contributed by atoms with Crippen molar-refractivity contribution in [1.29, 1.82) is 0 Å². The van der Waals surface area contributed by atoms with Crippen LogP contribution in [0.15, 0.2) is 34.2 Å². The molecule has 1 atom stereocenters. The van der Waals surface area contributed by atoms with Gasteiger partial charge in [0.1, 0.15) is 0 Å². The van der Waals surface area contributed by atoms with Crippen LogP contribution in [0.5, 0.6) is 0 Å². The summed E-state index contributed by atoms with van der Waals surface area (Å²) in [6.45, 7) is 1.56. The van der Waals surface area contributed by atoms with Crippen LogP contribution in [0.3, 0.4) is 0 Å². The van der Waals surface area contributed by atoms with E-state index in [0.29, 0.717) is 5.96 Å². The largest absolute Gasteiger partial charge is 0.370 e. The van der Waals surface area contributed by atoms with Gasteiger partial charge < -0.3 is 10.6 Å². The highest BCUT2D eigenvalue weighted by molar-refractivity contribution is 7.10. The van der Waals surface area contributed by atoms with Crippen LogP contribution >= 0.6 is 22.7 Å². The van der Waals surface area contributed by atoms with Crippen molar-refractivity contribution in [2.75, 3.05) is 6.54 Å². The Kier molecular flexibility index (Phi) is 2.82. The fraction of sp³-hybridized carbons (Fsp3) is 0.273. The second-order valence-electron chi connectivity index (χ2n) is 3.83. The molecular formula is C11H12N4S2. The average molecular weight is 264 g/mol. The number of aromatic nitrogens is 1. The number of nitrogens with two attached hydrogens (primary N) is 1. The van der Waals surface area contributed by atoms with E-state index in [1.807, 2.05) is 11.7 Å². The van der Waals surface area contributed by atoms with E-state index in [0.717, 1.165) is 13.1 Å². The Morgan fingerprint density at radius 2 is 2.41 bits per heavy atom. The van der Waals surface area contributed by atoms with Gasteiger partial charge in [-0.15, -0.1) is 22.7 Å². The van der Waals surface area contributed by atoms with E-state index in [1.165, 1.54) is 9.75 Å². The molecule has 3 rings (SSSR count). The van der Waals surface area contributed by atoms with Crippen LogP contribution in [-0.4, -0.2) is 22.4 Å². The van der Waals surface area contributed by atoms with Crippen molar-refractivity contribution in [1.82, 2.24) is 9.88 Å². The lowest BCUT2D eigenvalue weighted by Gasteiger charge is -2.24. The molecule has 88 valence electrons. The molecule has 17 heavy (non-hydrogen) atoms. The van der Waals surface area contributed by atoms with Crippen molar-refractivity contribution in [3.05, 3.63) is 39.0 Å². The zero-order valence-electron chi connectivity index (χ0n) is 9.11. The lowest BCUT2D eigenvalue weighted by atomic mass is 10.2. The van der Waals surface area contributed by atoms with E-state index in [9.17, 15) is 0 Å². The van der Waals surface area contributed by atoms with Crippen molar-refractivity contribution in [3.8, 4) is 0 Å². The fourth-order valence-corrected chi connectivity index (χ4v) is 3.35. The Morgan fingerprint density at radius 3 is 3.12 bits per heavy atom. The van der Waals surface area contributed by atoms with Crippen LogP contribution in [0.2, 0.25) is 0 Å². The molecule has 3 heterocycles. The minimum absolute atomic E-state index is 0.254. The van der Waals surface area contributed by atoms with Gasteiger partial charge in [0.15, 0.2) is 5.96 Å². The van der Waals surface area contributed by atoms with Gasteiger partial charge in [-0.3, -0.25) is 9.98 Å². The molecule has 4 nitrogen and oxygen atoms in total. The third-order valence-electron chi connectivity index (χ3n) is 2.78. The van der Waals surface area contributed by atoms with Crippen LogP contribution in [0.4, 0.5) is 0 Å². The molecule has 0 fully saturated rings. The number of nitrogens with zero attached hydrogens (tertiary/aromatic N) is 3. The molecule has 2 N–H and O–H groups in total. The highest BCUT2D eigenvalue weighted by Crippen LogP contribution is 2.30. The van der Waals surface area contributed by atoms with Crippen LogP contribution in [-0.2, 0) is 6.54 Å². The molecule has 0 amide bonds.